The van der Waals surface area contributed by atoms with Crippen molar-refractivity contribution in [2.24, 2.45) is 0 Å². The highest BCUT2D eigenvalue weighted by atomic mass is 16.6. The van der Waals surface area contributed by atoms with E-state index in [4.69, 9.17) is 0 Å². The van der Waals surface area contributed by atoms with E-state index in [-0.39, 0.29) is 30.0 Å². The molecule has 1 heterocycles. The van der Waals surface area contributed by atoms with Crippen LogP contribution in [0.15, 0.2) is 18.2 Å². The number of methoxy groups -OCH3 is 1. The number of esters is 1. The fraction of sp³-hybridized carbons (Fsp3) is 0.611. The van der Waals surface area contributed by atoms with Crippen LogP contribution >= 0.6 is 0 Å². The van der Waals surface area contributed by atoms with Crippen LogP contribution in [0.3, 0.4) is 0 Å². The van der Waals surface area contributed by atoms with Crippen LogP contribution < -0.4 is 4.90 Å². The van der Waals surface area contributed by atoms with Crippen LogP contribution in [0.1, 0.15) is 51.5 Å². The summed E-state index contributed by atoms with van der Waals surface area (Å²) < 4.78 is 4.67. The average molecular weight is 350 g/mol. The second-order valence-electron chi connectivity index (χ2n) is 7.19. The van der Waals surface area contributed by atoms with Crippen LogP contribution in [0.2, 0.25) is 0 Å². The molecule has 2 atom stereocenters. The molecule has 138 valence electrons. The van der Waals surface area contributed by atoms with Crippen molar-refractivity contribution in [2.75, 3.05) is 18.6 Å². The minimum absolute atomic E-state index is 0.00497. The van der Waals surface area contributed by atoms with E-state index >= 15 is 0 Å². The molecule has 0 amide bonds. The van der Waals surface area contributed by atoms with Crippen LogP contribution in [-0.2, 0) is 9.53 Å². The van der Waals surface area contributed by atoms with Crippen LogP contribution in [0.4, 0.5) is 11.4 Å². The van der Waals surface area contributed by atoms with Gasteiger partial charge in [-0.25, -0.2) is 0 Å². The molecule has 0 saturated carbocycles. The molecule has 2 rings (SSSR count). The van der Waals surface area contributed by atoms with Crippen molar-refractivity contribution >= 4 is 17.3 Å². The summed E-state index contributed by atoms with van der Waals surface area (Å²) in [7, 11) is 1.32. The zero-order chi connectivity index (χ0) is 18.8. The number of anilines is 1. The van der Waals surface area contributed by atoms with Gasteiger partial charge in [-0.05, 0) is 44.2 Å². The van der Waals surface area contributed by atoms with Crippen molar-refractivity contribution in [3.63, 3.8) is 0 Å². The van der Waals surface area contributed by atoms with E-state index in [1.807, 2.05) is 17.9 Å². The Morgan fingerprint density at radius 3 is 2.76 bits per heavy atom. The number of nitrogens with zero attached hydrogens (tertiary/aromatic N) is 2. The summed E-state index contributed by atoms with van der Waals surface area (Å²) in [5.41, 5.74) is 0.301. The number of aliphatic hydroxyl groups is 1. The van der Waals surface area contributed by atoms with Gasteiger partial charge in [-0.3, -0.25) is 14.9 Å². The SMILES string of the molecule is COC(=O)CC(C)c1ccc(N2CCC[C@H]2C(C)(C)O)c([N+](=O)[O-])c1. The highest BCUT2D eigenvalue weighted by Crippen LogP contribution is 2.38. The van der Waals surface area contributed by atoms with Gasteiger partial charge in [0.2, 0.25) is 0 Å². The Balaban J connectivity index is 2.37. The van der Waals surface area contributed by atoms with Gasteiger partial charge in [-0.1, -0.05) is 13.0 Å². The Morgan fingerprint density at radius 1 is 1.52 bits per heavy atom. The molecule has 1 aliphatic rings. The fourth-order valence-corrected chi connectivity index (χ4v) is 3.48. The third-order valence-electron chi connectivity index (χ3n) is 4.84. The van der Waals surface area contributed by atoms with Crippen LogP contribution in [-0.4, -0.2) is 41.3 Å². The van der Waals surface area contributed by atoms with Gasteiger partial charge in [0.15, 0.2) is 0 Å². The molecule has 0 radical (unpaired) electrons. The molecule has 1 unspecified atom stereocenters. The van der Waals surface area contributed by atoms with Gasteiger partial charge in [0.05, 0.1) is 30.1 Å². The smallest absolute Gasteiger partial charge is 0.306 e. The Bertz CT molecular complexity index is 653. The molecule has 0 spiro atoms. The summed E-state index contributed by atoms with van der Waals surface area (Å²) in [6.45, 7) is 5.97. The number of carbonyl (C=O) groups is 1. The molecular formula is C18H26N2O5. The average Bonchev–Trinajstić information content (AvgIpc) is 3.03. The van der Waals surface area contributed by atoms with Gasteiger partial charge < -0.3 is 14.7 Å². The zero-order valence-electron chi connectivity index (χ0n) is 15.2. The van der Waals surface area contributed by atoms with Crippen LogP contribution in [0, 0.1) is 10.1 Å². The number of benzene rings is 1. The molecule has 1 fully saturated rings. The number of nitro benzene ring substituents is 1. The molecule has 1 aromatic carbocycles. The third-order valence-corrected chi connectivity index (χ3v) is 4.84. The molecule has 1 saturated heterocycles. The van der Waals surface area contributed by atoms with Crippen molar-refractivity contribution in [3.8, 4) is 0 Å². The van der Waals surface area contributed by atoms with Gasteiger partial charge in [-0.2, -0.15) is 0 Å². The molecule has 0 aliphatic carbocycles. The first-order chi connectivity index (χ1) is 11.6. The number of hydrogen-bond donors (Lipinski definition) is 1. The fourth-order valence-electron chi connectivity index (χ4n) is 3.48. The molecule has 25 heavy (non-hydrogen) atoms. The standard InChI is InChI=1S/C18H26N2O5/c1-12(10-17(21)25-4)13-7-8-14(15(11-13)20(23)24)19-9-5-6-16(19)18(2,3)22/h7-8,11-12,16,22H,5-6,9-10H2,1-4H3/t12?,16-/m0/s1. The van der Waals surface area contributed by atoms with Crippen LogP contribution in [0.25, 0.3) is 0 Å². The maximum atomic E-state index is 11.6. The Labute approximate surface area is 147 Å². The Hall–Kier alpha value is -2.15. The minimum Gasteiger partial charge on any atom is -0.469 e. The van der Waals surface area contributed by atoms with E-state index in [1.54, 1.807) is 19.9 Å². The van der Waals surface area contributed by atoms with E-state index < -0.39 is 10.5 Å². The first-order valence-corrected chi connectivity index (χ1v) is 8.49. The predicted molar refractivity (Wildman–Crippen MR) is 94.8 cm³/mol. The zero-order valence-corrected chi connectivity index (χ0v) is 15.2. The maximum absolute atomic E-state index is 11.6. The minimum atomic E-state index is -0.943. The maximum Gasteiger partial charge on any atom is 0.306 e. The molecule has 1 N–H and O–H groups in total. The van der Waals surface area contributed by atoms with Gasteiger partial charge >= 0.3 is 5.97 Å². The van der Waals surface area contributed by atoms with Gasteiger partial charge in [0, 0.05) is 12.6 Å². The first kappa shape index (κ1) is 19.2. The number of ether oxygens (including phenoxy) is 1. The Morgan fingerprint density at radius 2 is 2.20 bits per heavy atom. The van der Waals surface area contributed by atoms with Crippen molar-refractivity contribution in [2.45, 2.75) is 57.6 Å². The monoisotopic (exact) mass is 350 g/mol. The lowest BCUT2D eigenvalue weighted by atomic mass is 9.94. The first-order valence-electron chi connectivity index (χ1n) is 8.49. The third kappa shape index (κ3) is 4.28. The molecule has 0 aromatic heterocycles. The summed E-state index contributed by atoms with van der Waals surface area (Å²) in [6, 6.07) is 4.91. The second-order valence-corrected chi connectivity index (χ2v) is 7.19. The molecule has 7 nitrogen and oxygen atoms in total. The van der Waals surface area contributed by atoms with E-state index in [2.05, 4.69) is 4.74 Å². The van der Waals surface area contributed by atoms with E-state index in [0.717, 1.165) is 18.4 Å². The van der Waals surface area contributed by atoms with Gasteiger partial charge in [0.1, 0.15) is 5.69 Å². The predicted octanol–water partition coefficient (Wildman–Crippen LogP) is 3.00. The molecule has 0 bridgehead atoms. The van der Waals surface area contributed by atoms with Crippen molar-refractivity contribution in [1.29, 1.82) is 0 Å². The second kappa shape index (κ2) is 7.39. The lowest BCUT2D eigenvalue weighted by Crippen LogP contribution is -2.45. The van der Waals surface area contributed by atoms with Crippen molar-refractivity contribution < 1.29 is 19.6 Å². The summed E-state index contributed by atoms with van der Waals surface area (Å²) in [5, 5.41) is 22.0. The molecular weight excluding hydrogens is 324 g/mol. The number of nitro groups is 1. The number of carbonyl (C=O) groups excluding carboxylic acids is 1. The highest BCUT2D eigenvalue weighted by Gasteiger charge is 2.38. The normalized spacial score (nSPS) is 18.9. The highest BCUT2D eigenvalue weighted by molar-refractivity contribution is 5.71. The van der Waals surface area contributed by atoms with Crippen molar-refractivity contribution in [3.05, 3.63) is 33.9 Å². The van der Waals surface area contributed by atoms with Crippen LogP contribution in [0.5, 0.6) is 0 Å². The van der Waals surface area contributed by atoms with Crippen molar-refractivity contribution in [1.82, 2.24) is 0 Å². The van der Waals surface area contributed by atoms with E-state index in [9.17, 15) is 20.0 Å². The summed E-state index contributed by atoms with van der Waals surface area (Å²) in [6.07, 6.45) is 1.84. The topological polar surface area (TPSA) is 92.9 Å². The largest absolute Gasteiger partial charge is 0.469 e. The quantitative estimate of drug-likeness (QED) is 0.482. The molecule has 1 aromatic rings. The number of rotatable bonds is 6. The molecule has 1 aliphatic heterocycles. The summed E-state index contributed by atoms with van der Waals surface area (Å²) >= 11 is 0. The summed E-state index contributed by atoms with van der Waals surface area (Å²) in [4.78, 5) is 24.6. The lowest BCUT2D eigenvalue weighted by Gasteiger charge is -2.35. The van der Waals surface area contributed by atoms with E-state index in [1.165, 1.54) is 13.2 Å². The van der Waals surface area contributed by atoms with Gasteiger partial charge in [0.25, 0.3) is 5.69 Å². The van der Waals surface area contributed by atoms with E-state index in [0.29, 0.717) is 12.2 Å². The van der Waals surface area contributed by atoms with Gasteiger partial charge in [-0.15, -0.1) is 0 Å². The number of hydrogen-bond acceptors (Lipinski definition) is 6. The Kier molecular flexibility index (Phi) is 5.67. The molecule has 7 heteroatoms. The lowest BCUT2D eigenvalue weighted by molar-refractivity contribution is -0.384. The summed E-state index contributed by atoms with van der Waals surface area (Å²) in [5.74, 6) is -0.523.